The van der Waals surface area contributed by atoms with Crippen LogP contribution in [-0.2, 0) is 12.3 Å². The highest BCUT2D eigenvalue weighted by molar-refractivity contribution is 7.57. The Bertz CT molecular complexity index is 623. The number of aryl methyl sites for hydroxylation is 2. The highest BCUT2D eigenvalue weighted by Crippen LogP contribution is 2.58. The van der Waals surface area contributed by atoms with Crippen LogP contribution < -0.4 is 0 Å². The van der Waals surface area contributed by atoms with Crippen molar-refractivity contribution in [3.63, 3.8) is 0 Å². The molecule has 0 nitrogen and oxygen atoms in total. The van der Waals surface area contributed by atoms with Gasteiger partial charge in [-0.2, -0.15) is 0 Å². The topological polar surface area (TPSA) is 0 Å². The van der Waals surface area contributed by atoms with Crippen molar-refractivity contribution in [2.45, 2.75) is 52.1 Å². The first-order valence-electron chi connectivity index (χ1n) is 7.80. The fourth-order valence-electron chi connectivity index (χ4n) is 3.24. The van der Waals surface area contributed by atoms with E-state index in [9.17, 15) is 0 Å². The summed E-state index contributed by atoms with van der Waals surface area (Å²) in [5.41, 5.74) is 9.04. The van der Waals surface area contributed by atoms with Gasteiger partial charge in [0, 0.05) is 0 Å². The molecule has 0 saturated heterocycles. The summed E-state index contributed by atoms with van der Waals surface area (Å²) in [6, 6.07) is 13.6. The number of hydrogen-bond donors (Lipinski definition) is 0. The van der Waals surface area contributed by atoms with Crippen molar-refractivity contribution in [3.8, 4) is 11.1 Å². The Hall–Kier alpha value is -1.13. The molecule has 3 rings (SSSR count). The van der Waals surface area contributed by atoms with Gasteiger partial charge in [-0.05, 0) is 64.7 Å². The number of benzene rings is 2. The molecule has 110 valence electrons. The Morgan fingerprint density at radius 1 is 0.762 bits per heavy atom. The molecule has 21 heavy (non-hydrogen) atoms. The summed E-state index contributed by atoms with van der Waals surface area (Å²) < 4.78 is 0. The van der Waals surface area contributed by atoms with Gasteiger partial charge in [-0.1, -0.05) is 65.1 Å². The average molecular weight is 296 g/mol. The van der Waals surface area contributed by atoms with Gasteiger partial charge in [-0.25, -0.2) is 0 Å². The van der Waals surface area contributed by atoms with Crippen molar-refractivity contribution >= 4 is 7.92 Å². The molecule has 0 aliphatic carbocycles. The van der Waals surface area contributed by atoms with Crippen LogP contribution in [0.5, 0.6) is 0 Å². The molecule has 1 heterocycles. The monoisotopic (exact) mass is 296 g/mol. The second-order valence-electron chi connectivity index (χ2n) is 7.23. The van der Waals surface area contributed by atoms with E-state index in [1.54, 1.807) is 11.1 Å². The minimum Gasteiger partial charge on any atom is -0.0921 e. The number of rotatable bonds is 0. The van der Waals surface area contributed by atoms with Crippen molar-refractivity contribution in [1.82, 2.24) is 0 Å². The van der Waals surface area contributed by atoms with E-state index < -0.39 is 0 Å². The molecular formula is C20H25P. The molecule has 0 spiro atoms. The molecule has 0 N–H and O–H groups in total. The van der Waals surface area contributed by atoms with Crippen molar-refractivity contribution in [2.24, 2.45) is 0 Å². The first kappa shape index (κ1) is 14.8. The zero-order chi connectivity index (χ0) is 15.2. The summed E-state index contributed by atoms with van der Waals surface area (Å²) in [5.74, 6) is 0. The van der Waals surface area contributed by atoms with Crippen LogP contribution in [0, 0.1) is 13.8 Å². The lowest BCUT2D eigenvalue weighted by Crippen LogP contribution is -2.14. The maximum absolute atomic E-state index is 2.42. The number of hydrogen-bond acceptors (Lipinski definition) is 0. The molecule has 0 fully saturated rings. The Kier molecular flexibility index (Phi) is 3.70. The predicted octanol–water partition coefficient (Wildman–Crippen LogP) is 6.26. The van der Waals surface area contributed by atoms with Gasteiger partial charge in [0.25, 0.3) is 0 Å². The van der Waals surface area contributed by atoms with Crippen LogP contribution in [0.3, 0.4) is 0 Å². The summed E-state index contributed by atoms with van der Waals surface area (Å²) in [6.45, 7) is 11.8. The van der Waals surface area contributed by atoms with Crippen molar-refractivity contribution in [3.05, 3.63) is 58.7 Å². The van der Waals surface area contributed by atoms with Gasteiger partial charge in [0.2, 0.25) is 0 Å². The standard InChI is InChI=1S/C20H25P/c1-14-8-6-10-16-17-11-7-9-15(2)19(17)13-21(12-18(14)16)20(3,4)5/h6-11H,12-13H2,1-5H3. The molecule has 1 aliphatic heterocycles. The molecule has 1 heteroatoms. The zero-order valence-corrected chi connectivity index (χ0v) is 14.7. The Morgan fingerprint density at radius 2 is 1.19 bits per heavy atom. The normalized spacial score (nSPS) is 15.3. The number of fused-ring (bicyclic) bond motifs is 3. The van der Waals surface area contributed by atoms with Crippen LogP contribution in [-0.4, -0.2) is 5.16 Å². The van der Waals surface area contributed by atoms with Gasteiger partial charge in [-0.15, -0.1) is 0 Å². The first-order valence-corrected chi connectivity index (χ1v) is 9.51. The largest absolute Gasteiger partial charge is 0.0921 e. The maximum Gasteiger partial charge on any atom is -0.00566 e. The Labute approximate surface area is 130 Å². The third-order valence-electron chi connectivity index (χ3n) is 4.76. The molecule has 0 atom stereocenters. The van der Waals surface area contributed by atoms with E-state index >= 15 is 0 Å². The molecule has 2 aromatic carbocycles. The minimum atomic E-state index is -0.0450. The van der Waals surface area contributed by atoms with Gasteiger partial charge in [-0.3, -0.25) is 0 Å². The first-order chi connectivity index (χ1) is 9.88. The third kappa shape index (κ3) is 2.67. The Morgan fingerprint density at radius 3 is 1.57 bits per heavy atom. The van der Waals surface area contributed by atoms with E-state index in [-0.39, 0.29) is 7.92 Å². The quantitative estimate of drug-likeness (QED) is 0.503. The maximum atomic E-state index is 2.42. The van der Waals surface area contributed by atoms with E-state index in [2.05, 4.69) is 71.0 Å². The highest BCUT2D eigenvalue weighted by Gasteiger charge is 2.30. The van der Waals surface area contributed by atoms with Crippen molar-refractivity contribution in [2.75, 3.05) is 0 Å². The van der Waals surface area contributed by atoms with Crippen LogP contribution in [0.15, 0.2) is 36.4 Å². The average Bonchev–Trinajstić information content (AvgIpc) is 2.58. The summed E-state index contributed by atoms with van der Waals surface area (Å²) in [7, 11) is -0.0450. The molecule has 0 bridgehead atoms. The summed E-state index contributed by atoms with van der Waals surface area (Å²) in [4.78, 5) is 0. The second-order valence-corrected chi connectivity index (χ2v) is 10.3. The molecule has 0 saturated carbocycles. The second kappa shape index (κ2) is 5.25. The fourth-order valence-corrected chi connectivity index (χ4v) is 5.90. The Balaban J connectivity index is 2.27. The smallest absolute Gasteiger partial charge is 0.00566 e. The lowest BCUT2D eigenvalue weighted by molar-refractivity contribution is 0.776. The SMILES string of the molecule is Cc1cccc2c1CP(C(C)(C)C)Cc1c(C)cccc1-2. The molecule has 1 aliphatic rings. The van der Waals surface area contributed by atoms with Crippen LogP contribution in [0.1, 0.15) is 43.0 Å². The summed E-state index contributed by atoms with van der Waals surface area (Å²) in [5, 5.41) is 0.402. The van der Waals surface area contributed by atoms with E-state index in [1.165, 1.54) is 34.6 Å². The molecule has 2 aromatic rings. The van der Waals surface area contributed by atoms with Crippen molar-refractivity contribution < 1.29 is 0 Å². The fraction of sp³-hybridized carbons (Fsp3) is 0.400. The lowest BCUT2D eigenvalue weighted by atomic mass is 9.92. The lowest BCUT2D eigenvalue weighted by Gasteiger charge is -2.31. The zero-order valence-electron chi connectivity index (χ0n) is 13.8. The molecule has 0 aromatic heterocycles. The third-order valence-corrected chi connectivity index (χ3v) is 8.05. The summed E-state index contributed by atoms with van der Waals surface area (Å²) in [6.07, 6.45) is 2.52. The van der Waals surface area contributed by atoms with Crippen LogP contribution in [0.2, 0.25) is 0 Å². The van der Waals surface area contributed by atoms with E-state index in [0.717, 1.165) is 0 Å². The van der Waals surface area contributed by atoms with Crippen LogP contribution in [0.25, 0.3) is 11.1 Å². The van der Waals surface area contributed by atoms with E-state index in [4.69, 9.17) is 0 Å². The van der Waals surface area contributed by atoms with Gasteiger partial charge < -0.3 is 0 Å². The van der Waals surface area contributed by atoms with Gasteiger partial charge in [0.05, 0.1) is 0 Å². The van der Waals surface area contributed by atoms with Crippen LogP contribution in [0.4, 0.5) is 0 Å². The highest BCUT2D eigenvalue weighted by atomic mass is 31.1. The van der Waals surface area contributed by atoms with Gasteiger partial charge >= 0.3 is 0 Å². The van der Waals surface area contributed by atoms with E-state index in [1.807, 2.05) is 0 Å². The van der Waals surface area contributed by atoms with Gasteiger partial charge in [0.15, 0.2) is 0 Å². The molecule has 0 amide bonds. The molecular weight excluding hydrogens is 271 g/mol. The predicted molar refractivity (Wildman–Crippen MR) is 95.4 cm³/mol. The molecule has 0 radical (unpaired) electrons. The van der Waals surface area contributed by atoms with Crippen molar-refractivity contribution in [1.29, 1.82) is 0 Å². The van der Waals surface area contributed by atoms with Crippen LogP contribution >= 0.6 is 7.92 Å². The minimum absolute atomic E-state index is 0.0450. The summed E-state index contributed by atoms with van der Waals surface area (Å²) >= 11 is 0. The van der Waals surface area contributed by atoms with E-state index in [0.29, 0.717) is 5.16 Å². The van der Waals surface area contributed by atoms with Gasteiger partial charge in [0.1, 0.15) is 0 Å². The molecule has 0 unspecified atom stereocenters.